The molecule has 0 unspecified atom stereocenters. The van der Waals surface area contributed by atoms with E-state index in [0.717, 1.165) is 25.9 Å². The van der Waals surface area contributed by atoms with Gasteiger partial charge in [0.25, 0.3) is 0 Å². The quantitative estimate of drug-likeness (QED) is 0.850. The SMILES string of the molecule is CO[C@@H]1CCN(CCO)[C@H]1Cc1ccccc1.O=C(O)C(F)(F)F. The first-order valence-corrected chi connectivity index (χ1v) is 7.51. The summed E-state index contributed by atoms with van der Waals surface area (Å²) < 4.78 is 37.3. The Morgan fingerprint density at radius 1 is 1.33 bits per heavy atom. The number of aliphatic hydroxyl groups is 1. The van der Waals surface area contributed by atoms with Crippen LogP contribution in [0.3, 0.4) is 0 Å². The zero-order valence-corrected chi connectivity index (χ0v) is 13.4. The van der Waals surface area contributed by atoms with Gasteiger partial charge in [-0.1, -0.05) is 30.3 Å². The van der Waals surface area contributed by atoms with E-state index in [1.54, 1.807) is 7.11 Å². The summed E-state index contributed by atoms with van der Waals surface area (Å²) in [6.07, 6.45) is -2.73. The molecule has 0 spiro atoms. The van der Waals surface area contributed by atoms with Crippen LogP contribution in [0.25, 0.3) is 0 Å². The molecule has 136 valence electrons. The molecule has 0 radical (unpaired) electrons. The monoisotopic (exact) mass is 349 g/mol. The number of halogens is 3. The highest BCUT2D eigenvalue weighted by molar-refractivity contribution is 5.73. The van der Waals surface area contributed by atoms with Gasteiger partial charge in [0, 0.05) is 26.2 Å². The van der Waals surface area contributed by atoms with Crippen molar-refractivity contribution in [2.75, 3.05) is 26.8 Å². The molecule has 1 heterocycles. The number of likely N-dealkylation sites (tertiary alicyclic amines) is 1. The first-order chi connectivity index (χ1) is 11.3. The third-order valence-electron chi connectivity index (χ3n) is 3.82. The molecule has 0 amide bonds. The summed E-state index contributed by atoms with van der Waals surface area (Å²) in [6, 6.07) is 10.9. The van der Waals surface area contributed by atoms with Crippen molar-refractivity contribution in [2.24, 2.45) is 0 Å². The Morgan fingerprint density at radius 2 is 1.92 bits per heavy atom. The maximum Gasteiger partial charge on any atom is 0.490 e. The van der Waals surface area contributed by atoms with Crippen LogP contribution in [-0.2, 0) is 16.0 Å². The number of aliphatic hydroxyl groups excluding tert-OH is 1. The molecule has 1 aromatic rings. The normalized spacial score (nSPS) is 21.2. The molecule has 2 rings (SSSR count). The third-order valence-corrected chi connectivity index (χ3v) is 3.82. The largest absolute Gasteiger partial charge is 0.490 e. The van der Waals surface area contributed by atoms with Crippen LogP contribution >= 0.6 is 0 Å². The van der Waals surface area contributed by atoms with Crippen LogP contribution in [0.5, 0.6) is 0 Å². The van der Waals surface area contributed by atoms with Gasteiger partial charge < -0.3 is 14.9 Å². The Bertz CT molecular complexity index is 496. The highest BCUT2D eigenvalue weighted by atomic mass is 19.4. The fourth-order valence-corrected chi connectivity index (χ4v) is 2.68. The summed E-state index contributed by atoms with van der Waals surface area (Å²) in [6.45, 7) is 2.00. The van der Waals surface area contributed by atoms with E-state index in [0.29, 0.717) is 12.1 Å². The van der Waals surface area contributed by atoms with Gasteiger partial charge in [-0.05, 0) is 18.4 Å². The van der Waals surface area contributed by atoms with E-state index in [1.807, 2.05) is 6.07 Å². The lowest BCUT2D eigenvalue weighted by molar-refractivity contribution is -0.192. The topological polar surface area (TPSA) is 70.0 Å². The minimum Gasteiger partial charge on any atom is -0.475 e. The van der Waals surface area contributed by atoms with Gasteiger partial charge in [0.05, 0.1) is 12.7 Å². The molecule has 1 aliphatic heterocycles. The van der Waals surface area contributed by atoms with E-state index in [2.05, 4.69) is 29.2 Å². The van der Waals surface area contributed by atoms with Crippen LogP contribution in [0.15, 0.2) is 30.3 Å². The van der Waals surface area contributed by atoms with Gasteiger partial charge in [-0.25, -0.2) is 4.79 Å². The smallest absolute Gasteiger partial charge is 0.475 e. The van der Waals surface area contributed by atoms with Gasteiger partial charge in [-0.15, -0.1) is 0 Å². The number of aliphatic carboxylic acids is 1. The van der Waals surface area contributed by atoms with Gasteiger partial charge in [-0.3, -0.25) is 4.90 Å². The second-order valence-corrected chi connectivity index (χ2v) is 5.38. The van der Waals surface area contributed by atoms with Gasteiger partial charge in [-0.2, -0.15) is 13.2 Å². The van der Waals surface area contributed by atoms with E-state index >= 15 is 0 Å². The van der Waals surface area contributed by atoms with Crippen molar-refractivity contribution in [3.8, 4) is 0 Å². The molecular weight excluding hydrogens is 327 g/mol. The summed E-state index contributed by atoms with van der Waals surface area (Å²) >= 11 is 0. The first-order valence-electron chi connectivity index (χ1n) is 7.51. The molecule has 0 saturated carbocycles. The van der Waals surface area contributed by atoms with E-state index in [4.69, 9.17) is 19.7 Å². The lowest BCUT2D eigenvalue weighted by atomic mass is 10.0. The summed E-state index contributed by atoms with van der Waals surface area (Å²) in [4.78, 5) is 11.2. The number of alkyl halides is 3. The van der Waals surface area contributed by atoms with E-state index < -0.39 is 12.1 Å². The number of hydrogen-bond acceptors (Lipinski definition) is 4. The molecule has 8 heteroatoms. The van der Waals surface area contributed by atoms with E-state index in [-0.39, 0.29) is 6.61 Å². The number of hydrogen-bond donors (Lipinski definition) is 2. The lowest BCUT2D eigenvalue weighted by Crippen LogP contribution is -2.39. The van der Waals surface area contributed by atoms with Crippen molar-refractivity contribution in [3.63, 3.8) is 0 Å². The fourth-order valence-electron chi connectivity index (χ4n) is 2.68. The van der Waals surface area contributed by atoms with Gasteiger partial charge in [0.1, 0.15) is 0 Å². The van der Waals surface area contributed by atoms with Crippen LogP contribution in [0.2, 0.25) is 0 Å². The minimum atomic E-state index is -5.08. The molecule has 1 aromatic carbocycles. The summed E-state index contributed by atoms with van der Waals surface area (Å²) in [5.74, 6) is -2.76. The summed E-state index contributed by atoms with van der Waals surface area (Å²) in [5, 5.41) is 16.2. The molecule has 2 atom stereocenters. The Kier molecular flexibility index (Phi) is 8.17. The highest BCUT2D eigenvalue weighted by Gasteiger charge is 2.38. The molecule has 1 saturated heterocycles. The maximum absolute atomic E-state index is 10.6. The Hall–Kier alpha value is -1.64. The molecule has 1 aliphatic rings. The number of nitrogens with zero attached hydrogens (tertiary/aromatic N) is 1. The van der Waals surface area contributed by atoms with Crippen molar-refractivity contribution in [1.29, 1.82) is 0 Å². The highest BCUT2D eigenvalue weighted by Crippen LogP contribution is 2.23. The predicted molar refractivity (Wildman–Crippen MR) is 81.7 cm³/mol. The number of β-amino-alcohol motifs (C(OH)–C–C–N with tert-alkyl or cyclic N) is 1. The molecule has 2 N–H and O–H groups in total. The number of carbonyl (C=O) groups is 1. The molecule has 0 aromatic heterocycles. The van der Waals surface area contributed by atoms with Crippen molar-refractivity contribution in [3.05, 3.63) is 35.9 Å². The van der Waals surface area contributed by atoms with E-state index in [9.17, 15) is 13.2 Å². The molecular formula is C16H22F3NO4. The van der Waals surface area contributed by atoms with Crippen molar-refractivity contribution in [2.45, 2.75) is 31.2 Å². The Morgan fingerprint density at radius 3 is 2.38 bits per heavy atom. The zero-order chi connectivity index (χ0) is 18.2. The van der Waals surface area contributed by atoms with E-state index in [1.165, 1.54) is 5.56 Å². The predicted octanol–water partition coefficient (Wildman–Crippen LogP) is 1.94. The summed E-state index contributed by atoms with van der Waals surface area (Å²) in [7, 11) is 1.78. The third kappa shape index (κ3) is 6.46. The zero-order valence-electron chi connectivity index (χ0n) is 13.4. The number of methoxy groups -OCH3 is 1. The van der Waals surface area contributed by atoms with Crippen LogP contribution in [0.4, 0.5) is 13.2 Å². The lowest BCUT2D eigenvalue weighted by Gasteiger charge is -2.27. The van der Waals surface area contributed by atoms with Gasteiger partial charge in [0.15, 0.2) is 0 Å². The number of benzene rings is 1. The second-order valence-electron chi connectivity index (χ2n) is 5.38. The maximum atomic E-state index is 10.6. The van der Waals surface area contributed by atoms with Crippen LogP contribution in [0.1, 0.15) is 12.0 Å². The Labute approximate surface area is 138 Å². The number of carboxylic acid groups (broad SMARTS) is 1. The van der Waals surface area contributed by atoms with Crippen molar-refractivity contribution < 1.29 is 32.9 Å². The molecule has 0 bridgehead atoms. The van der Waals surface area contributed by atoms with Crippen molar-refractivity contribution >= 4 is 5.97 Å². The molecule has 5 nitrogen and oxygen atoms in total. The number of rotatable bonds is 5. The molecule has 1 fully saturated rings. The fraction of sp³-hybridized carbons (Fsp3) is 0.562. The van der Waals surface area contributed by atoms with Crippen LogP contribution in [-0.4, -0.2) is 66.2 Å². The first kappa shape index (κ1) is 20.4. The summed E-state index contributed by atoms with van der Waals surface area (Å²) in [5.41, 5.74) is 1.34. The average molecular weight is 349 g/mol. The molecule has 0 aliphatic carbocycles. The minimum absolute atomic E-state index is 0.224. The average Bonchev–Trinajstić information content (AvgIpc) is 2.90. The number of carboxylic acids is 1. The van der Waals surface area contributed by atoms with Gasteiger partial charge in [0.2, 0.25) is 0 Å². The van der Waals surface area contributed by atoms with Crippen LogP contribution < -0.4 is 0 Å². The van der Waals surface area contributed by atoms with Gasteiger partial charge >= 0.3 is 12.1 Å². The Balaban J connectivity index is 0.000000351. The van der Waals surface area contributed by atoms with Crippen molar-refractivity contribution in [1.82, 2.24) is 4.90 Å². The number of ether oxygens (including phenoxy) is 1. The second kappa shape index (κ2) is 9.61. The standard InChI is InChI=1S/C14H21NO2.C2HF3O2/c1-17-14-7-8-15(9-10-16)13(14)11-12-5-3-2-4-6-12;3-2(4,5)1(6)7/h2-6,13-14,16H,7-11H2,1H3;(H,6,7)/t13-,14+;/m0./s1. The molecule has 24 heavy (non-hydrogen) atoms. The van der Waals surface area contributed by atoms with Crippen LogP contribution in [0, 0.1) is 0 Å².